The Morgan fingerprint density at radius 2 is 2.00 bits per heavy atom. The third-order valence-electron chi connectivity index (χ3n) is 3.34. The zero-order chi connectivity index (χ0) is 13.3. The maximum absolute atomic E-state index is 11.8. The largest absolute Gasteiger partial charge is 0.392 e. The van der Waals surface area contributed by atoms with Crippen LogP contribution in [0.3, 0.4) is 0 Å². The molecule has 1 aliphatic rings. The molecule has 1 aromatic carbocycles. The molecule has 1 aliphatic carbocycles. The minimum absolute atomic E-state index is 0.0235. The lowest BCUT2D eigenvalue weighted by atomic mass is 10.1. The molecule has 0 bridgehead atoms. The second-order valence-electron chi connectivity index (χ2n) is 5.08. The molecular weight excluding hydrogens is 250 g/mol. The van der Waals surface area contributed by atoms with Gasteiger partial charge < -0.3 is 5.11 Å². The van der Waals surface area contributed by atoms with E-state index in [1.807, 2.05) is 18.2 Å². The monoisotopic (exact) mass is 269 g/mol. The summed E-state index contributed by atoms with van der Waals surface area (Å²) in [6.07, 6.45) is 1.43. The predicted octanol–water partition coefficient (Wildman–Crippen LogP) is 0.974. The number of hydrogen-bond donors (Lipinski definition) is 2. The van der Waals surface area contributed by atoms with Gasteiger partial charge in [-0.25, -0.2) is 13.1 Å². The molecule has 0 fully saturated rings. The van der Waals surface area contributed by atoms with Crippen molar-refractivity contribution in [2.75, 3.05) is 0 Å². The predicted molar refractivity (Wildman–Crippen MR) is 70.8 cm³/mol. The SMILES string of the molecule is CC(C)S(=O)(=O)NC1Cc2ccc(CO)cc2C1. The molecule has 1 aromatic rings. The third kappa shape index (κ3) is 2.74. The zero-order valence-electron chi connectivity index (χ0n) is 10.7. The van der Waals surface area contributed by atoms with Gasteiger partial charge in [0.1, 0.15) is 0 Å². The first kappa shape index (κ1) is 13.5. The van der Waals surface area contributed by atoms with Crippen LogP contribution in [-0.2, 0) is 29.5 Å². The molecule has 0 aliphatic heterocycles. The van der Waals surface area contributed by atoms with Gasteiger partial charge in [-0.1, -0.05) is 18.2 Å². The van der Waals surface area contributed by atoms with Crippen LogP contribution in [0.2, 0.25) is 0 Å². The van der Waals surface area contributed by atoms with Gasteiger partial charge in [0.05, 0.1) is 11.9 Å². The molecule has 0 radical (unpaired) electrons. The number of hydrogen-bond acceptors (Lipinski definition) is 3. The van der Waals surface area contributed by atoms with Gasteiger partial charge in [0, 0.05) is 6.04 Å². The van der Waals surface area contributed by atoms with Crippen molar-refractivity contribution in [2.24, 2.45) is 0 Å². The van der Waals surface area contributed by atoms with Crippen molar-refractivity contribution in [2.45, 2.75) is 44.6 Å². The van der Waals surface area contributed by atoms with E-state index in [9.17, 15) is 8.42 Å². The topological polar surface area (TPSA) is 66.4 Å². The lowest BCUT2D eigenvalue weighted by Crippen LogP contribution is -2.39. The summed E-state index contributed by atoms with van der Waals surface area (Å²) in [4.78, 5) is 0. The van der Waals surface area contributed by atoms with E-state index in [0.29, 0.717) is 6.42 Å². The number of aliphatic hydroxyl groups is 1. The van der Waals surface area contributed by atoms with Crippen molar-refractivity contribution < 1.29 is 13.5 Å². The van der Waals surface area contributed by atoms with Gasteiger partial charge in [-0.3, -0.25) is 0 Å². The fourth-order valence-electron chi connectivity index (χ4n) is 2.22. The van der Waals surface area contributed by atoms with Gasteiger partial charge in [-0.15, -0.1) is 0 Å². The molecule has 18 heavy (non-hydrogen) atoms. The first-order valence-corrected chi connectivity index (χ1v) is 7.69. The average molecular weight is 269 g/mol. The highest BCUT2D eigenvalue weighted by Gasteiger charge is 2.27. The van der Waals surface area contributed by atoms with Crippen molar-refractivity contribution in [1.29, 1.82) is 0 Å². The minimum atomic E-state index is -3.21. The van der Waals surface area contributed by atoms with Crippen LogP contribution < -0.4 is 4.72 Å². The van der Waals surface area contributed by atoms with Crippen LogP contribution in [0, 0.1) is 0 Å². The average Bonchev–Trinajstić information content (AvgIpc) is 2.68. The van der Waals surface area contributed by atoms with E-state index in [1.165, 1.54) is 5.56 Å². The van der Waals surface area contributed by atoms with E-state index in [0.717, 1.165) is 17.5 Å². The van der Waals surface area contributed by atoms with E-state index in [4.69, 9.17) is 5.11 Å². The van der Waals surface area contributed by atoms with Crippen molar-refractivity contribution >= 4 is 10.0 Å². The molecule has 2 N–H and O–H groups in total. The summed E-state index contributed by atoms with van der Waals surface area (Å²) in [5, 5.41) is 8.67. The van der Waals surface area contributed by atoms with E-state index in [2.05, 4.69) is 4.72 Å². The van der Waals surface area contributed by atoms with Gasteiger partial charge in [-0.2, -0.15) is 0 Å². The highest BCUT2D eigenvalue weighted by atomic mass is 32.2. The number of rotatable bonds is 4. The molecule has 0 heterocycles. The zero-order valence-corrected chi connectivity index (χ0v) is 11.5. The van der Waals surface area contributed by atoms with Crippen LogP contribution in [-0.4, -0.2) is 24.8 Å². The van der Waals surface area contributed by atoms with E-state index < -0.39 is 15.3 Å². The van der Waals surface area contributed by atoms with Gasteiger partial charge in [0.25, 0.3) is 0 Å². The Kier molecular flexibility index (Phi) is 3.75. The summed E-state index contributed by atoms with van der Waals surface area (Å²) in [7, 11) is -3.21. The lowest BCUT2D eigenvalue weighted by molar-refractivity contribution is 0.281. The first-order valence-electron chi connectivity index (χ1n) is 6.15. The molecular formula is C13H19NO3S. The third-order valence-corrected chi connectivity index (χ3v) is 5.24. The number of fused-ring (bicyclic) bond motifs is 1. The van der Waals surface area contributed by atoms with Crippen LogP contribution in [0.4, 0.5) is 0 Å². The van der Waals surface area contributed by atoms with Gasteiger partial charge >= 0.3 is 0 Å². The maximum Gasteiger partial charge on any atom is 0.214 e. The van der Waals surface area contributed by atoms with E-state index in [-0.39, 0.29) is 12.6 Å². The fourth-order valence-corrected chi connectivity index (χ4v) is 3.13. The maximum atomic E-state index is 11.8. The fraction of sp³-hybridized carbons (Fsp3) is 0.538. The number of sulfonamides is 1. The summed E-state index contributed by atoms with van der Waals surface area (Å²) >= 11 is 0. The second kappa shape index (κ2) is 4.99. The Hall–Kier alpha value is -0.910. The van der Waals surface area contributed by atoms with Gasteiger partial charge in [0.15, 0.2) is 0 Å². The Bertz CT molecular complexity index is 537. The van der Waals surface area contributed by atoms with Gasteiger partial charge in [0.2, 0.25) is 10.0 Å². The summed E-state index contributed by atoms with van der Waals surface area (Å²) in [6, 6.07) is 5.77. The highest BCUT2D eigenvalue weighted by Crippen LogP contribution is 2.24. The smallest absolute Gasteiger partial charge is 0.214 e. The second-order valence-corrected chi connectivity index (χ2v) is 7.35. The Morgan fingerprint density at radius 1 is 1.33 bits per heavy atom. The molecule has 0 spiro atoms. The molecule has 100 valence electrons. The number of aliphatic hydroxyl groups excluding tert-OH is 1. The Labute approximate surface area is 108 Å². The van der Waals surface area contributed by atoms with Crippen LogP contribution in [0.15, 0.2) is 18.2 Å². The van der Waals surface area contributed by atoms with Crippen LogP contribution >= 0.6 is 0 Å². The standard InChI is InChI=1S/C13H19NO3S/c1-9(2)18(16,17)14-13-6-11-4-3-10(8-15)5-12(11)7-13/h3-5,9,13-15H,6-8H2,1-2H3. The molecule has 0 amide bonds. The van der Waals surface area contributed by atoms with E-state index in [1.54, 1.807) is 13.8 Å². The molecule has 0 saturated carbocycles. The van der Waals surface area contributed by atoms with Crippen molar-refractivity contribution in [3.63, 3.8) is 0 Å². The molecule has 1 unspecified atom stereocenters. The minimum Gasteiger partial charge on any atom is -0.392 e. The Morgan fingerprint density at radius 3 is 2.61 bits per heavy atom. The highest BCUT2D eigenvalue weighted by molar-refractivity contribution is 7.90. The molecule has 0 aromatic heterocycles. The molecule has 5 heteroatoms. The normalized spacial score (nSPS) is 19.2. The summed E-state index contributed by atoms with van der Waals surface area (Å²) in [5.41, 5.74) is 3.18. The van der Waals surface area contributed by atoms with Crippen molar-refractivity contribution in [3.05, 3.63) is 34.9 Å². The summed E-state index contributed by atoms with van der Waals surface area (Å²) < 4.78 is 26.4. The van der Waals surface area contributed by atoms with Crippen LogP contribution in [0.25, 0.3) is 0 Å². The molecule has 4 nitrogen and oxygen atoms in total. The van der Waals surface area contributed by atoms with Crippen LogP contribution in [0.5, 0.6) is 0 Å². The van der Waals surface area contributed by atoms with Gasteiger partial charge in [-0.05, 0) is 43.4 Å². The van der Waals surface area contributed by atoms with E-state index >= 15 is 0 Å². The summed E-state index contributed by atoms with van der Waals surface area (Å²) in [5.74, 6) is 0. The first-order chi connectivity index (χ1) is 8.42. The quantitative estimate of drug-likeness (QED) is 0.856. The number of benzene rings is 1. The summed E-state index contributed by atoms with van der Waals surface area (Å²) in [6.45, 7) is 3.37. The van der Waals surface area contributed by atoms with Crippen LogP contribution in [0.1, 0.15) is 30.5 Å². The van der Waals surface area contributed by atoms with Crippen molar-refractivity contribution in [3.8, 4) is 0 Å². The molecule has 0 saturated heterocycles. The number of nitrogens with one attached hydrogen (secondary N) is 1. The molecule has 2 rings (SSSR count). The molecule has 1 atom stereocenters. The lowest BCUT2D eigenvalue weighted by Gasteiger charge is -2.14. The Balaban J connectivity index is 2.11. The van der Waals surface area contributed by atoms with Crippen molar-refractivity contribution in [1.82, 2.24) is 4.72 Å².